The molecule has 0 aliphatic heterocycles. The van der Waals surface area contributed by atoms with E-state index in [4.69, 9.17) is 15.2 Å². The first-order valence-corrected chi connectivity index (χ1v) is 7.72. The number of esters is 1. The molecule has 0 aromatic heterocycles. The van der Waals surface area contributed by atoms with Gasteiger partial charge in [-0.2, -0.15) is 0 Å². The average Bonchev–Trinajstić information content (AvgIpc) is 2.56. The number of methoxy groups -OCH3 is 1. The fourth-order valence-electron chi connectivity index (χ4n) is 2.47. The quantitative estimate of drug-likeness (QED) is 0.647. The van der Waals surface area contributed by atoms with E-state index in [2.05, 4.69) is 0 Å². The maximum Gasteiger partial charge on any atom is 0.338 e. The van der Waals surface area contributed by atoms with Gasteiger partial charge in [0, 0.05) is 13.5 Å². The van der Waals surface area contributed by atoms with Crippen LogP contribution < -0.4 is 5.73 Å². The van der Waals surface area contributed by atoms with E-state index in [0.717, 1.165) is 11.1 Å². The highest BCUT2D eigenvalue weighted by molar-refractivity contribution is 5.93. The molecule has 1 aliphatic rings. The number of ether oxygens (including phenoxy) is 2. The Labute approximate surface area is 137 Å². The predicted octanol–water partition coefficient (Wildman–Crippen LogP) is 3.21. The Morgan fingerprint density at radius 2 is 2.09 bits per heavy atom. The van der Waals surface area contributed by atoms with Crippen LogP contribution in [-0.4, -0.2) is 25.4 Å². The van der Waals surface area contributed by atoms with Crippen molar-refractivity contribution in [1.29, 1.82) is 0 Å². The minimum Gasteiger partial charge on any atom is -0.462 e. The van der Waals surface area contributed by atoms with Crippen LogP contribution in [0.5, 0.6) is 0 Å². The fraction of sp³-hybridized carbons (Fsp3) is 0.316. The van der Waals surface area contributed by atoms with Crippen LogP contribution in [0.1, 0.15) is 25.3 Å². The van der Waals surface area contributed by atoms with Crippen molar-refractivity contribution in [2.24, 2.45) is 5.73 Å². The van der Waals surface area contributed by atoms with E-state index in [0.29, 0.717) is 25.0 Å². The van der Waals surface area contributed by atoms with Crippen LogP contribution in [-0.2, 0) is 14.3 Å². The number of carbonyl (C=O) groups excluding carboxylic acids is 1. The van der Waals surface area contributed by atoms with Gasteiger partial charge in [-0.1, -0.05) is 42.5 Å². The molecular formula is C19H23NO3. The molecule has 4 nitrogen and oxygen atoms in total. The normalized spacial score (nSPS) is 21.0. The van der Waals surface area contributed by atoms with Crippen LogP contribution in [0.2, 0.25) is 0 Å². The van der Waals surface area contributed by atoms with Crippen molar-refractivity contribution >= 4 is 12.0 Å². The lowest BCUT2D eigenvalue weighted by Gasteiger charge is -2.29. The summed E-state index contributed by atoms with van der Waals surface area (Å²) in [5, 5.41) is 0. The van der Waals surface area contributed by atoms with Gasteiger partial charge in [0.15, 0.2) is 0 Å². The lowest BCUT2D eigenvalue weighted by Crippen LogP contribution is -2.42. The summed E-state index contributed by atoms with van der Waals surface area (Å²) in [4.78, 5) is 12.1. The Morgan fingerprint density at radius 1 is 1.35 bits per heavy atom. The van der Waals surface area contributed by atoms with E-state index in [9.17, 15) is 4.79 Å². The van der Waals surface area contributed by atoms with Gasteiger partial charge < -0.3 is 9.47 Å². The van der Waals surface area contributed by atoms with Gasteiger partial charge in [0.2, 0.25) is 0 Å². The van der Waals surface area contributed by atoms with Crippen molar-refractivity contribution in [3.63, 3.8) is 0 Å². The van der Waals surface area contributed by atoms with Gasteiger partial charge in [-0.3, -0.25) is 5.73 Å². The highest BCUT2D eigenvalue weighted by atomic mass is 16.5. The summed E-state index contributed by atoms with van der Waals surface area (Å²) in [7, 11) is 1.57. The summed E-state index contributed by atoms with van der Waals surface area (Å²) in [5.74, 6) is -0.315. The number of hydrogen-bond acceptors (Lipinski definition) is 4. The maximum atomic E-state index is 12.1. The monoisotopic (exact) mass is 313 g/mol. The number of allylic oxidation sites excluding steroid dienone is 1. The molecule has 122 valence electrons. The zero-order valence-electron chi connectivity index (χ0n) is 13.6. The Bertz CT molecular complexity index is 631. The molecule has 0 spiro atoms. The minimum absolute atomic E-state index is 0.315. The van der Waals surface area contributed by atoms with Crippen molar-refractivity contribution in [2.75, 3.05) is 13.7 Å². The highest BCUT2D eigenvalue weighted by Gasteiger charge is 2.29. The van der Waals surface area contributed by atoms with Crippen molar-refractivity contribution in [3.05, 3.63) is 65.3 Å². The van der Waals surface area contributed by atoms with Gasteiger partial charge in [0.1, 0.15) is 5.72 Å². The largest absolute Gasteiger partial charge is 0.462 e. The van der Waals surface area contributed by atoms with Gasteiger partial charge in [-0.05, 0) is 36.6 Å². The molecule has 0 radical (unpaired) electrons. The molecule has 1 aliphatic carbocycles. The summed E-state index contributed by atoms with van der Waals surface area (Å²) >= 11 is 0. The molecule has 0 amide bonds. The van der Waals surface area contributed by atoms with Gasteiger partial charge in [0.05, 0.1) is 12.2 Å². The van der Waals surface area contributed by atoms with Crippen LogP contribution in [0, 0.1) is 0 Å². The second-order valence-corrected chi connectivity index (χ2v) is 5.42. The molecule has 1 aromatic rings. The molecule has 23 heavy (non-hydrogen) atoms. The lowest BCUT2D eigenvalue weighted by molar-refractivity contribution is -0.138. The smallest absolute Gasteiger partial charge is 0.338 e. The molecule has 0 saturated heterocycles. The number of rotatable bonds is 6. The predicted molar refractivity (Wildman–Crippen MR) is 91.4 cm³/mol. The van der Waals surface area contributed by atoms with Gasteiger partial charge in [0.25, 0.3) is 0 Å². The Balaban J connectivity index is 2.19. The molecule has 0 saturated carbocycles. The average molecular weight is 313 g/mol. The van der Waals surface area contributed by atoms with Crippen molar-refractivity contribution in [1.82, 2.24) is 0 Å². The van der Waals surface area contributed by atoms with E-state index >= 15 is 0 Å². The Morgan fingerprint density at radius 3 is 2.74 bits per heavy atom. The standard InChI is InChI=1S/C19H23NO3/c1-3-23-18(21)17-12-13-19(20,22-2)14-16(17)11-7-10-15-8-5-4-6-9-15/h4-10,12-13H,3,11,14,20H2,1-2H3. The summed E-state index contributed by atoms with van der Waals surface area (Å²) < 4.78 is 10.5. The number of nitrogens with two attached hydrogens (primary N) is 1. The van der Waals surface area contributed by atoms with E-state index in [1.807, 2.05) is 42.5 Å². The van der Waals surface area contributed by atoms with Gasteiger partial charge in [-0.15, -0.1) is 0 Å². The third-order valence-electron chi connectivity index (χ3n) is 3.75. The summed E-state index contributed by atoms with van der Waals surface area (Å²) in [6.07, 6.45) is 8.56. The summed E-state index contributed by atoms with van der Waals surface area (Å²) in [5.41, 5.74) is 7.88. The number of benzene rings is 1. The molecule has 1 unspecified atom stereocenters. The number of carbonyl (C=O) groups is 1. The molecule has 4 heteroatoms. The van der Waals surface area contributed by atoms with Crippen molar-refractivity contribution in [3.8, 4) is 0 Å². The van der Waals surface area contributed by atoms with Crippen LogP contribution in [0.25, 0.3) is 6.08 Å². The molecule has 0 heterocycles. The van der Waals surface area contributed by atoms with Crippen molar-refractivity contribution in [2.45, 2.75) is 25.5 Å². The fourth-order valence-corrected chi connectivity index (χ4v) is 2.47. The van der Waals surface area contributed by atoms with E-state index in [1.165, 1.54) is 0 Å². The molecule has 0 fully saturated rings. The minimum atomic E-state index is -0.869. The molecule has 0 bridgehead atoms. The van der Waals surface area contributed by atoms with Gasteiger partial charge >= 0.3 is 5.97 Å². The van der Waals surface area contributed by atoms with E-state index < -0.39 is 5.72 Å². The first kappa shape index (κ1) is 17.2. The van der Waals surface area contributed by atoms with Crippen LogP contribution in [0.15, 0.2) is 59.7 Å². The Hall–Kier alpha value is -2.17. The second-order valence-electron chi connectivity index (χ2n) is 5.42. The highest BCUT2D eigenvalue weighted by Crippen LogP contribution is 2.29. The third-order valence-corrected chi connectivity index (χ3v) is 3.75. The number of hydrogen-bond donors (Lipinski definition) is 1. The Kier molecular flexibility index (Phi) is 5.90. The van der Waals surface area contributed by atoms with Crippen LogP contribution in [0.3, 0.4) is 0 Å². The van der Waals surface area contributed by atoms with Crippen LogP contribution in [0.4, 0.5) is 0 Å². The lowest BCUT2D eigenvalue weighted by atomic mass is 9.89. The van der Waals surface area contributed by atoms with Crippen molar-refractivity contribution < 1.29 is 14.3 Å². The third kappa shape index (κ3) is 4.65. The van der Waals surface area contributed by atoms with Crippen LogP contribution >= 0.6 is 0 Å². The first-order valence-electron chi connectivity index (χ1n) is 7.72. The van der Waals surface area contributed by atoms with Gasteiger partial charge in [-0.25, -0.2) is 4.79 Å². The molecule has 1 atom stereocenters. The molecular weight excluding hydrogens is 290 g/mol. The second kappa shape index (κ2) is 7.90. The summed E-state index contributed by atoms with van der Waals surface area (Å²) in [6, 6.07) is 10.0. The SMILES string of the molecule is CCOC(=O)C1=C(CC=Cc2ccccc2)CC(N)(OC)C=C1. The van der Waals surface area contributed by atoms with E-state index in [1.54, 1.807) is 26.2 Å². The zero-order chi connectivity index (χ0) is 16.7. The molecule has 2 N–H and O–H groups in total. The molecule has 2 rings (SSSR count). The zero-order valence-corrected chi connectivity index (χ0v) is 13.6. The first-order chi connectivity index (χ1) is 11.1. The van der Waals surface area contributed by atoms with E-state index in [-0.39, 0.29) is 5.97 Å². The topological polar surface area (TPSA) is 61.5 Å². The maximum absolute atomic E-state index is 12.1. The molecule has 1 aromatic carbocycles. The summed E-state index contributed by atoms with van der Waals surface area (Å²) in [6.45, 7) is 2.14.